The predicted octanol–water partition coefficient (Wildman–Crippen LogP) is 6.29. The van der Waals surface area contributed by atoms with Crippen LogP contribution in [0.25, 0.3) is 12.2 Å². The van der Waals surface area contributed by atoms with Gasteiger partial charge in [0.05, 0.1) is 6.10 Å². The van der Waals surface area contributed by atoms with Gasteiger partial charge in [-0.2, -0.15) is 0 Å². The molecule has 0 saturated carbocycles. The van der Waals surface area contributed by atoms with Gasteiger partial charge in [-0.15, -0.1) is 6.58 Å². The molecule has 2 atom stereocenters. The van der Waals surface area contributed by atoms with Crippen molar-refractivity contribution in [2.45, 2.75) is 57.2 Å². The lowest BCUT2D eigenvalue weighted by atomic mass is 9.76. The van der Waals surface area contributed by atoms with Crippen LogP contribution in [-0.2, 0) is 17.6 Å². The van der Waals surface area contributed by atoms with Crippen molar-refractivity contribution in [1.29, 1.82) is 0 Å². The van der Waals surface area contributed by atoms with Gasteiger partial charge in [0.15, 0.2) is 5.60 Å². The summed E-state index contributed by atoms with van der Waals surface area (Å²) in [6, 6.07) is 0. The lowest BCUT2D eigenvalue weighted by Gasteiger charge is -2.42. The van der Waals surface area contributed by atoms with Crippen molar-refractivity contribution in [2.75, 3.05) is 7.11 Å². The second-order valence-corrected chi connectivity index (χ2v) is 9.31. The van der Waals surface area contributed by atoms with E-state index in [9.17, 15) is 0 Å². The Bertz CT molecular complexity index is 1170. The van der Waals surface area contributed by atoms with Gasteiger partial charge in [0.25, 0.3) is 0 Å². The maximum Gasteiger partial charge on any atom is 0.174 e. The third-order valence-electron chi connectivity index (χ3n) is 7.39. The molecule has 3 nitrogen and oxygen atoms in total. The second-order valence-electron chi connectivity index (χ2n) is 9.31. The molecule has 2 unspecified atom stereocenters. The fourth-order valence-electron chi connectivity index (χ4n) is 5.53. The lowest BCUT2D eigenvalue weighted by molar-refractivity contribution is 0.137. The molecule has 0 bridgehead atoms. The van der Waals surface area contributed by atoms with E-state index in [2.05, 4.69) is 62.1 Å². The normalized spacial score (nSPS) is 25.4. The highest BCUT2D eigenvalue weighted by atomic mass is 16.5. The van der Waals surface area contributed by atoms with Crippen molar-refractivity contribution >= 4 is 12.2 Å². The van der Waals surface area contributed by atoms with Gasteiger partial charge < -0.3 is 15.2 Å². The zero-order valence-electron chi connectivity index (χ0n) is 19.7. The van der Waals surface area contributed by atoms with Crippen LogP contribution in [0.5, 0.6) is 5.75 Å². The highest BCUT2D eigenvalue weighted by Gasteiger charge is 2.42. The van der Waals surface area contributed by atoms with Crippen molar-refractivity contribution < 1.29 is 9.47 Å². The van der Waals surface area contributed by atoms with E-state index in [0.717, 1.165) is 50.0 Å². The Labute approximate surface area is 197 Å². The summed E-state index contributed by atoms with van der Waals surface area (Å²) < 4.78 is 12.9. The first-order chi connectivity index (χ1) is 16.1. The number of methoxy groups -OCH3 is 1. The average molecular weight is 440 g/mol. The summed E-state index contributed by atoms with van der Waals surface area (Å²) in [6.45, 7) is 6.21. The molecular formula is C30H33NO2. The summed E-state index contributed by atoms with van der Waals surface area (Å²) in [5.74, 6) is 0.993. The predicted molar refractivity (Wildman–Crippen MR) is 137 cm³/mol. The molecular weight excluding hydrogens is 406 g/mol. The Morgan fingerprint density at radius 3 is 2.76 bits per heavy atom. The fourth-order valence-corrected chi connectivity index (χ4v) is 5.53. The molecule has 0 aromatic heterocycles. The van der Waals surface area contributed by atoms with Crippen LogP contribution >= 0.6 is 0 Å². The number of ether oxygens (including phenoxy) is 2. The molecule has 1 aliphatic heterocycles. The van der Waals surface area contributed by atoms with Gasteiger partial charge in [-0.1, -0.05) is 48.6 Å². The zero-order valence-corrected chi connectivity index (χ0v) is 19.7. The van der Waals surface area contributed by atoms with Crippen LogP contribution in [-0.4, -0.2) is 18.8 Å². The molecule has 1 aromatic rings. The fraction of sp³-hybridized carbons (Fsp3) is 0.333. The van der Waals surface area contributed by atoms with Gasteiger partial charge >= 0.3 is 0 Å². The number of benzene rings is 1. The number of allylic oxidation sites excluding steroid dienone is 6. The molecule has 0 radical (unpaired) electrons. The number of hydrogen-bond acceptors (Lipinski definition) is 3. The third kappa shape index (κ3) is 3.65. The van der Waals surface area contributed by atoms with Crippen molar-refractivity contribution in [2.24, 2.45) is 5.73 Å². The zero-order chi connectivity index (χ0) is 23.0. The van der Waals surface area contributed by atoms with Crippen molar-refractivity contribution in [3.05, 3.63) is 99.8 Å². The van der Waals surface area contributed by atoms with Gasteiger partial charge in [-0.3, -0.25) is 0 Å². The maximum absolute atomic E-state index is 7.18. The molecule has 33 heavy (non-hydrogen) atoms. The molecule has 5 rings (SSSR count). The molecule has 0 spiro atoms. The molecule has 0 fully saturated rings. The molecule has 3 heteroatoms. The summed E-state index contributed by atoms with van der Waals surface area (Å²) in [7, 11) is 1.78. The Kier molecular flexibility index (Phi) is 5.76. The summed E-state index contributed by atoms with van der Waals surface area (Å²) in [5, 5.41) is 0. The molecule has 0 amide bonds. The molecule has 2 N–H and O–H groups in total. The van der Waals surface area contributed by atoms with Gasteiger partial charge in [0.2, 0.25) is 0 Å². The highest BCUT2D eigenvalue weighted by molar-refractivity contribution is 5.78. The molecule has 4 aliphatic rings. The van der Waals surface area contributed by atoms with Crippen LogP contribution in [0, 0.1) is 6.92 Å². The number of rotatable bonds is 5. The van der Waals surface area contributed by atoms with E-state index in [0.29, 0.717) is 0 Å². The van der Waals surface area contributed by atoms with E-state index in [1.165, 1.54) is 39.0 Å². The van der Waals surface area contributed by atoms with Crippen LogP contribution in [0.4, 0.5) is 0 Å². The largest absolute Gasteiger partial charge is 0.473 e. The minimum atomic E-state index is -0.606. The number of nitrogens with two attached hydrogens (primary N) is 1. The van der Waals surface area contributed by atoms with Gasteiger partial charge in [-0.05, 0) is 79.0 Å². The Balaban J connectivity index is 1.72. The molecule has 1 aromatic carbocycles. The van der Waals surface area contributed by atoms with Crippen LogP contribution in [0.1, 0.15) is 53.5 Å². The van der Waals surface area contributed by atoms with Crippen LogP contribution in [0.2, 0.25) is 0 Å². The maximum atomic E-state index is 7.18. The summed E-state index contributed by atoms with van der Waals surface area (Å²) in [5.41, 5.74) is 15.2. The SMILES string of the molecule is C=CCc1c(C)c2c(c3c1C=CC(OC)C3)OC(C1=CCCC=C1)(C1=CC=C(N)CC1)C=C2. The van der Waals surface area contributed by atoms with Crippen molar-refractivity contribution in [3.63, 3.8) is 0 Å². The van der Waals surface area contributed by atoms with E-state index in [4.69, 9.17) is 15.2 Å². The summed E-state index contributed by atoms with van der Waals surface area (Å²) >= 11 is 0. The van der Waals surface area contributed by atoms with E-state index in [1.807, 2.05) is 12.2 Å². The summed E-state index contributed by atoms with van der Waals surface area (Å²) in [6.07, 6.45) is 27.5. The Hall–Kier alpha value is -3.04. The van der Waals surface area contributed by atoms with Crippen molar-refractivity contribution in [3.8, 4) is 5.75 Å². The minimum Gasteiger partial charge on any atom is -0.473 e. The third-order valence-corrected chi connectivity index (χ3v) is 7.39. The van der Waals surface area contributed by atoms with Crippen LogP contribution < -0.4 is 10.5 Å². The quantitative estimate of drug-likeness (QED) is 0.548. The first kappa shape index (κ1) is 21.8. The second kappa shape index (κ2) is 8.72. The highest BCUT2D eigenvalue weighted by Crippen LogP contribution is 2.48. The first-order valence-electron chi connectivity index (χ1n) is 12.0. The van der Waals surface area contributed by atoms with E-state index in [-0.39, 0.29) is 6.10 Å². The van der Waals surface area contributed by atoms with E-state index >= 15 is 0 Å². The molecule has 170 valence electrons. The number of fused-ring (bicyclic) bond motifs is 3. The van der Waals surface area contributed by atoms with E-state index < -0.39 is 5.60 Å². The molecule has 0 saturated heterocycles. The first-order valence-corrected chi connectivity index (χ1v) is 12.0. The van der Waals surface area contributed by atoms with Gasteiger partial charge in [0.1, 0.15) is 5.75 Å². The van der Waals surface area contributed by atoms with E-state index in [1.54, 1.807) is 7.11 Å². The minimum absolute atomic E-state index is 0.0511. The molecule has 3 aliphatic carbocycles. The monoisotopic (exact) mass is 439 g/mol. The molecule has 1 heterocycles. The van der Waals surface area contributed by atoms with Crippen LogP contribution in [0.3, 0.4) is 0 Å². The smallest absolute Gasteiger partial charge is 0.174 e. The number of hydrogen-bond donors (Lipinski definition) is 1. The topological polar surface area (TPSA) is 44.5 Å². The van der Waals surface area contributed by atoms with Crippen LogP contribution in [0.15, 0.2) is 72.0 Å². The average Bonchev–Trinajstić information content (AvgIpc) is 2.87. The Morgan fingerprint density at radius 2 is 2.06 bits per heavy atom. The summed E-state index contributed by atoms with van der Waals surface area (Å²) in [4.78, 5) is 0. The standard InChI is InChI=1S/C30H33NO2/c1-4-8-25-20(2)26-17-18-30(21-9-6-5-7-10-21,22-11-13-23(31)14-12-22)33-29(26)28-19-24(32-3)15-16-27(25)28/h4,6,9-11,13,15-18,24H,1,5,7-8,12,14,19,31H2,2-3H3. The van der Waals surface area contributed by atoms with Gasteiger partial charge in [-0.25, -0.2) is 0 Å². The van der Waals surface area contributed by atoms with Gasteiger partial charge in [0, 0.05) is 30.4 Å². The van der Waals surface area contributed by atoms with Crippen molar-refractivity contribution in [1.82, 2.24) is 0 Å². The lowest BCUT2D eigenvalue weighted by Crippen LogP contribution is -2.41. The Morgan fingerprint density at radius 1 is 1.18 bits per heavy atom.